The third-order valence-corrected chi connectivity index (χ3v) is 7.37. The van der Waals surface area contributed by atoms with Gasteiger partial charge in [0.25, 0.3) is 0 Å². The molecule has 0 aromatic rings. The Labute approximate surface area is 130 Å². The van der Waals surface area contributed by atoms with Crippen LogP contribution >= 0.6 is 0 Å². The van der Waals surface area contributed by atoms with Crippen molar-refractivity contribution >= 4 is 0 Å². The summed E-state index contributed by atoms with van der Waals surface area (Å²) in [6, 6.07) is 0. The van der Waals surface area contributed by atoms with Crippen molar-refractivity contribution in [1.82, 2.24) is 0 Å². The molecule has 1 nitrogen and oxygen atoms in total. The standard InChI is InChI=1S/C20H32O/c1-5-20(14-21)12-9-16-15(13-20)7-8-17-18(2,3)10-6-11-19(16,17)4/h5,7,16-17,21H,1,6,8-14H2,2-4H3/t16-,17+,19-,20-/m1/s1. The lowest BCUT2D eigenvalue weighted by molar-refractivity contribution is -0.0524. The summed E-state index contributed by atoms with van der Waals surface area (Å²) in [5.41, 5.74) is 2.55. The lowest BCUT2D eigenvalue weighted by Gasteiger charge is -2.59. The molecule has 0 radical (unpaired) electrons. The lowest BCUT2D eigenvalue weighted by atomic mass is 9.46. The normalized spacial score (nSPS) is 45.2. The quantitative estimate of drug-likeness (QED) is 0.700. The van der Waals surface area contributed by atoms with E-state index < -0.39 is 0 Å². The number of fused-ring (bicyclic) bond motifs is 3. The van der Waals surface area contributed by atoms with E-state index in [-0.39, 0.29) is 12.0 Å². The van der Waals surface area contributed by atoms with Crippen LogP contribution in [-0.4, -0.2) is 11.7 Å². The number of aliphatic hydroxyl groups is 1. The zero-order valence-corrected chi connectivity index (χ0v) is 14.1. The third-order valence-electron chi connectivity index (χ3n) is 7.37. The van der Waals surface area contributed by atoms with Gasteiger partial charge in [-0.1, -0.05) is 44.9 Å². The molecule has 1 heteroatoms. The summed E-state index contributed by atoms with van der Waals surface area (Å²) >= 11 is 0. The molecule has 3 aliphatic carbocycles. The van der Waals surface area contributed by atoms with Gasteiger partial charge in [0, 0.05) is 5.41 Å². The fraction of sp³-hybridized carbons (Fsp3) is 0.800. The topological polar surface area (TPSA) is 20.2 Å². The summed E-state index contributed by atoms with van der Waals surface area (Å²) in [5.74, 6) is 1.58. The van der Waals surface area contributed by atoms with Crippen LogP contribution in [0.1, 0.15) is 65.7 Å². The average molecular weight is 288 g/mol. The molecule has 0 spiro atoms. The Morgan fingerprint density at radius 3 is 2.71 bits per heavy atom. The van der Waals surface area contributed by atoms with Crippen LogP contribution in [0.5, 0.6) is 0 Å². The van der Waals surface area contributed by atoms with Crippen molar-refractivity contribution < 1.29 is 5.11 Å². The fourth-order valence-corrected chi connectivity index (χ4v) is 6.02. The van der Waals surface area contributed by atoms with Crippen molar-refractivity contribution in [2.45, 2.75) is 65.7 Å². The molecule has 118 valence electrons. The Balaban J connectivity index is 1.93. The molecule has 0 heterocycles. The van der Waals surface area contributed by atoms with E-state index in [1.807, 2.05) is 6.08 Å². The predicted molar refractivity (Wildman–Crippen MR) is 89.0 cm³/mol. The van der Waals surface area contributed by atoms with Crippen molar-refractivity contribution in [2.24, 2.45) is 28.1 Å². The van der Waals surface area contributed by atoms with Gasteiger partial charge in [0.05, 0.1) is 6.61 Å². The van der Waals surface area contributed by atoms with Gasteiger partial charge in [0.2, 0.25) is 0 Å². The highest BCUT2D eigenvalue weighted by atomic mass is 16.3. The summed E-state index contributed by atoms with van der Waals surface area (Å²) in [6.07, 6.45) is 13.4. The van der Waals surface area contributed by atoms with E-state index >= 15 is 0 Å². The maximum absolute atomic E-state index is 9.81. The second kappa shape index (κ2) is 4.98. The van der Waals surface area contributed by atoms with Gasteiger partial charge in [-0.25, -0.2) is 0 Å². The highest BCUT2D eigenvalue weighted by Gasteiger charge is 2.54. The van der Waals surface area contributed by atoms with Crippen LogP contribution in [0.3, 0.4) is 0 Å². The smallest absolute Gasteiger partial charge is 0.0524 e. The van der Waals surface area contributed by atoms with Crippen molar-refractivity contribution in [3.8, 4) is 0 Å². The summed E-state index contributed by atoms with van der Waals surface area (Å²) in [6.45, 7) is 11.8. The van der Waals surface area contributed by atoms with Crippen molar-refractivity contribution in [3.63, 3.8) is 0 Å². The zero-order chi connectivity index (χ0) is 15.3. The highest BCUT2D eigenvalue weighted by molar-refractivity contribution is 5.25. The van der Waals surface area contributed by atoms with E-state index in [0.29, 0.717) is 10.8 Å². The summed E-state index contributed by atoms with van der Waals surface area (Å²) in [5, 5.41) is 9.81. The van der Waals surface area contributed by atoms with E-state index in [0.717, 1.165) is 24.7 Å². The van der Waals surface area contributed by atoms with E-state index in [1.54, 1.807) is 5.57 Å². The van der Waals surface area contributed by atoms with Gasteiger partial charge in [-0.2, -0.15) is 0 Å². The number of hydrogen-bond acceptors (Lipinski definition) is 1. The minimum absolute atomic E-state index is 0.0459. The molecular weight excluding hydrogens is 256 g/mol. The number of aliphatic hydroxyl groups excluding tert-OH is 1. The van der Waals surface area contributed by atoms with Crippen LogP contribution in [0.25, 0.3) is 0 Å². The second-order valence-electron chi connectivity index (χ2n) is 8.91. The van der Waals surface area contributed by atoms with Crippen LogP contribution in [0.2, 0.25) is 0 Å². The van der Waals surface area contributed by atoms with Crippen molar-refractivity contribution in [3.05, 3.63) is 24.3 Å². The zero-order valence-electron chi connectivity index (χ0n) is 14.1. The van der Waals surface area contributed by atoms with Gasteiger partial charge in [-0.3, -0.25) is 0 Å². The first kappa shape index (κ1) is 15.3. The number of hydrogen-bond donors (Lipinski definition) is 1. The maximum Gasteiger partial charge on any atom is 0.0524 e. The van der Waals surface area contributed by atoms with Gasteiger partial charge in [-0.05, 0) is 61.2 Å². The van der Waals surface area contributed by atoms with Gasteiger partial charge in [0.1, 0.15) is 0 Å². The molecule has 0 aromatic carbocycles. The van der Waals surface area contributed by atoms with Crippen LogP contribution in [-0.2, 0) is 0 Å². The molecule has 4 atom stereocenters. The molecule has 3 rings (SSSR count). The molecule has 1 N–H and O–H groups in total. The van der Waals surface area contributed by atoms with Gasteiger partial charge in [-0.15, -0.1) is 6.58 Å². The number of allylic oxidation sites excluding steroid dienone is 2. The summed E-state index contributed by atoms with van der Waals surface area (Å²) < 4.78 is 0. The minimum Gasteiger partial charge on any atom is -0.395 e. The predicted octanol–water partition coefficient (Wildman–Crippen LogP) is 5.11. The van der Waals surface area contributed by atoms with Gasteiger partial charge >= 0.3 is 0 Å². The highest BCUT2D eigenvalue weighted by Crippen LogP contribution is 2.63. The first-order valence-electron chi connectivity index (χ1n) is 8.80. The monoisotopic (exact) mass is 288 g/mol. The molecule has 0 amide bonds. The fourth-order valence-electron chi connectivity index (χ4n) is 6.02. The third kappa shape index (κ3) is 2.23. The van der Waals surface area contributed by atoms with Crippen molar-refractivity contribution in [1.29, 1.82) is 0 Å². The molecule has 2 saturated carbocycles. The SMILES string of the molecule is C=C[C@@]1(CO)CC[C@@H]2C(=CC[C@H]3C(C)(C)CCC[C@]23C)C1. The molecule has 0 aliphatic heterocycles. The summed E-state index contributed by atoms with van der Waals surface area (Å²) in [7, 11) is 0. The molecular formula is C20H32O. The molecule has 2 fully saturated rings. The minimum atomic E-state index is -0.0459. The molecule has 0 aromatic heterocycles. The maximum atomic E-state index is 9.81. The Morgan fingerprint density at radius 2 is 2.05 bits per heavy atom. The largest absolute Gasteiger partial charge is 0.395 e. The lowest BCUT2D eigenvalue weighted by Crippen LogP contribution is -2.50. The van der Waals surface area contributed by atoms with Crippen molar-refractivity contribution in [2.75, 3.05) is 6.61 Å². The molecule has 21 heavy (non-hydrogen) atoms. The molecule has 0 saturated heterocycles. The average Bonchev–Trinajstić information content (AvgIpc) is 2.45. The van der Waals surface area contributed by atoms with Crippen LogP contribution in [0, 0.1) is 28.1 Å². The summed E-state index contributed by atoms with van der Waals surface area (Å²) in [4.78, 5) is 0. The Hall–Kier alpha value is -0.560. The molecule has 0 unspecified atom stereocenters. The molecule has 3 aliphatic rings. The first-order chi connectivity index (χ1) is 9.87. The van der Waals surface area contributed by atoms with E-state index in [9.17, 15) is 5.11 Å². The first-order valence-corrected chi connectivity index (χ1v) is 8.80. The number of rotatable bonds is 2. The van der Waals surface area contributed by atoms with Crippen LogP contribution in [0.15, 0.2) is 24.3 Å². The molecule has 0 bridgehead atoms. The van der Waals surface area contributed by atoms with E-state index in [4.69, 9.17) is 0 Å². The second-order valence-corrected chi connectivity index (χ2v) is 8.91. The Kier molecular flexibility index (Phi) is 3.64. The van der Waals surface area contributed by atoms with Gasteiger partial charge in [0.15, 0.2) is 0 Å². The Bertz CT molecular complexity index is 460. The van der Waals surface area contributed by atoms with Crippen LogP contribution < -0.4 is 0 Å². The van der Waals surface area contributed by atoms with Crippen LogP contribution in [0.4, 0.5) is 0 Å². The van der Waals surface area contributed by atoms with E-state index in [2.05, 4.69) is 33.4 Å². The van der Waals surface area contributed by atoms with Gasteiger partial charge < -0.3 is 5.11 Å². The Morgan fingerprint density at radius 1 is 1.29 bits per heavy atom. The van der Waals surface area contributed by atoms with E-state index in [1.165, 1.54) is 32.1 Å².